The molecule has 0 bridgehead atoms. The van der Waals surface area contributed by atoms with Crippen LogP contribution in [0.3, 0.4) is 0 Å². The highest BCUT2D eigenvalue weighted by atomic mass is 16.5. The van der Waals surface area contributed by atoms with Gasteiger partial charge in [-0.1, -0.05) is 19.9 Å². The van der Waals surface area contributed by atoms with Gasteiger partial charge >= 0.3 is 5.97 Å². The van der Waals surface area contributed by atoms with Crippen LogP contribution >= 0.6 is 0 Å². The molecule has 1 aromatic carbocycles. The van der Waals surface area contributed by atoms with E-state index in [4.69, 9.17) is 15.2 Å². The second-order valence-electron chi connectivity index (χ2n) is 4.94. The highest BCUT2D eigenvalue weighted by Crippen LogP contribution is 2.38. The molecule has 1 atom stereocenters. The molecule has 20 heavy (non-hydrogen) atoms. The summed E-state index contributed by atoms with van der Waals surface area (Å²) in [6, 6.07) is 5.57. The summed E-state index contributed by atoms with van der Waals surface area (Å²) in [6.07, 6.45) is 1.78. The van der Waals surface area contributed by atoms with Crippen LogP contribution in [0, 0.1) is 0 Å². The second-order valence-corrected chi connectivity index (χ2v) is 4.94. The molecule has 0 aromatic heterocycles. The number of rotatable bonds is 5. The van der Waals surface area contributed by atoms with Crippen LogP contribution in [-0.2, 0) is 9.53 Å². The molecule has 1 aliphatic rings. The van der Waals surface area contributed by atoms with Gasteiger partial charge in [-0.25, -0.2) is 0 Å². The van der Waals surface area contributed by atoms with Gasteiger partial charge in [0.1, 0.15) is 24.1 Å². The van der Waals surface area contributed by atoms with Gasteiger partial charge in [0.25, 0.3) is 0 Å². The molecule has 1 aromatic rings. The largest absolute Gasteiger partial charge is 0.486 e. The summed E-state index contributed by atoms with van der Waals surface area (Å²) in [7, 11) is 0. The van der Waals surface area contributed by atoms with Gasteiger partial charge in [0.2, 0.25) is 0 Å². The zero-order valence-corrected chi connectivity index (χ0v) is 12.1. The fourth-order valence-corrected chi connectivity index (χ4v) is 2.30. The zero-order chi connectivity index (χ0) is 14.5. The van der Waals surface area contributed by atoms with Crippen molar-refractivity contribution in [1.29, 1.82) is 0 Å². The van der Waals surface area contributed by atoms with E-state index in [1.807, 2.05) is 30.0 Å². The maximum Gasteiger partial charge on any atom is 0.325 e. The van der Waals surface area contributed by atoms with E-state index in [-0.39, 0.29) is 18.6 Å². The number of hydrogen-bond donors (Lipinski definition) is 1. The molecule has 1 heterocycles. The predicted molar refractivity (Wildman–Crippen MR) is 79.0 cm³/mol. The van der Waals surface area contributed by atoms with Crippen molar-refractivity contribution in [2.45, 2.75) is 32.8 Å². The van der Waals surface area contributed by atoms with Crippen LogP contribution in [0.2, 0.25) is 0 Å². The molecule has 0 saturated heterocycles. The Hall–Kier alpha value is -1.91. The number of hydrogen-bond acceptors (Lipinski definition) is 5. The minimum atomic E-state index is -0.224. The molecule has 110 valence electrons. The molecule has 0 radical (unpaired) electrons. The first-order valence-electron chi connectivity index (χ1n) is 7.11. The number of nitrogens with zero attached hydrogens (tertiary/aromatic N) is 1. The monoisotopic (exact) mass is 278 g/mol. The summed E-state index contributed by atoms with van der Waals surface area (Å²) in [6.45, 7) is 5.36. The quantitative estimate of drug-likeness (QED) is 0.660. The maximum atomic E-state index is 11.8. The fourth-order valence-electron chi connectivity index (χ4n) is 2.30. The average Bonchev–Trinajstić information content (AvgIpc) is 2.44. The summed E-state index contributed by atoms with van der Waals surface area (Å²) >= 11 is 0. The standard InChI is InChI=1S/C15H22N2O3/c1-3-8-19-14(18)10-17-9-11(4-2)20-13-7-5-6-12(16)15(13)17/h5-7,11H,3-4,8-10,16H2,1-2H3. The molecule has 0 fully saturated rings. The van der Waals surface area contributed by atoms with E-state index in [0.717, 1.165) is 24.3 Å². The number of carbonyl (C=O) groups is 1. The number of ether oxygens (including phenoxy) is 2. The van der Waals surface area contributed by atoms with E-state index in [0.29, 0.717) is 18.8 Å². The van der Waals surface area contributed by atoms with Crippen LogP contribution in [0.4, 0.5) is 11.4 Å². The zero-order valence-electron chi connectivity index (χ0n) is 12.1. The molecule has 5 nitrogen and oxygen atoms in total. The lowest BCUT2D eigenvalue weighted by atomic mass is 10.1. The lowest BCUT2D eigenvalue weighted by molar-refractivity contribution is -0.142. The fraction of sp³-hybridized carbons (Fsp3) is 0.533. The second kappa shape index (κ2) is 6.50. The van der Waals surface area contributed by atoms with Crippen molar-refractivity contribution in [3.63, 3.8) is 0 Å². The van der Waals surface area contributed by atoms with E-state index < -0.39 is 0 Å². The maximum absolute atomic E-state index is 11.8. The van der Waals surface area contributed by atoms with E-state index in [1.54, 1.807) is 0 Å². The Kier molecular flexibility index (Phi) is 4.71. The minimum absolute atomic E-state index is 0.0725. The summed E-state index contributed by atoms with van der Waals surface area (Å²) < 4.78 is 11.0. The molecule has 5 heteroatoms. The van der Waals surface area contributed by atoms with Crippen molar-refractivity contribution in [2.75, 3.05) is 30.3 Å². The highest BCUT2D eigenvalue weighted by molar-refractivity contribution is 5.82. The molecule has 2 N–H and O–H groups in total. The number of carbonyl (C=O) groups excluding carboxylic acids is 1. The number of anilines is 2. The number of esters is 1. The summed E-state index contributed by atoms with van der Waals surface area (Å²) in [4.78, 5) is 13.8. The summed E-state index contributed by atoms with van der Waals surface area (Å²) in [5.41, 5.74) is 7.44. The summed E-state index contributed by atoms with van der Waals surface area (Å²) in [5.74, 6) is 0.518. The van der Waals surface area contributed by atoms with Gasteiger partial charge in [-0.15, -0.1) is 0 Å². The Balaban J connectivity index is 2.17. The lowest BCUT2D eigenvalue weighted by Crippen LogP contribution is -2.43. The van der Waals surface area contributed by atoms with Crippen LogP contribution < -0.4 is 15.4 Å². The van der Waals surface area contributed by atoms with Gasteiger partial charge in [0, 0.05) is 0 Å². The summed E-state index contributed by atoms with van der Waals surface area (Å²) in [5, 5.41) is 0. The molecule has 1 unspecified atom stereocenters. The predicted octanol–water partition coefficient (Wildman–Crippen LogP) is 2.20. The van der Waals surface area contributed by atoms with Crippen LogP contribution in [0.25, 0.3) is 0 Å². The molecule has 0 saturated carbocycles. The Labute approximate surface area is 119 Å². The normalized spacial score (nSPS) is 17.3. The number of benzene rings is 1. The van der Waals surface area contributed by atoms with Gasteiger partial charge in [-0.2, -0.15) is 0 Å². The third-order valence-corrected chi connectivity index (χ3v) is 3.31. The van der Waals surface area contributed by atoms with E-state index in [2.05, 4.69) is 6.92 Å². The number of nitrogens with two attached hydrogens (primary N) is 1. The highest BCUT2D eigenvalue weighted by Gasteiger charge is 2.28. The van der Waals surface area contributed by atoms with Gasteiger partial charge < -0.3 is 20.1 Å². The Morgan fingerprint density at radius 2 is 2.30 bits per heavy atom. The molecule has 0 aliphatic carbocycles. The van der Waals surface area contributed by atoms with Crippen molar-refractivity contribution in [3.8, 4) is 5.75 Å². The number of nitrogen functional groups attached to an aromatic ring is 1. The van der Waals surface area contributed by atoms with Crippen molar-refractivity contribution < 1.29 is 14.3 Å². The number of fused-ring (bicyclic) bond motifs is 1. The van der Waals surface area contributed by atoms with E-state index >= 15 is 0 Å². The molecule has 0 amide bonds. The Bertz CT molecular complexity index is 476. The number of para-hydroxylation sites is 1. The minimum Gasteiger partial charge on any atom is -0.486 e. The SMILES string of the molecule is CCCOC(=O)CN1CC(CC)Oc2cccc(N)c21. The van der Waals surface area contributed by atoms with Crippen LogP contribution in [0.5, 0.6) is 5.75 Å². The van der Waals surface area contributed by atoms with Crippen molar-refractivity contribution in [1.82, 2.24) is 0 Å². The van der Waals surface area contributed by atoms with Crippen LogP contribution in [0.1, 0.15) is 26.7 Å². The molecule has 0 spiro atoms. The van der Waals surface area contributed by atoms with Crippen LogP contribution in [0.15, 0.2) is 18.2 Å². The van der Waals surface area contributed by atoms with Gasteiger partial charge in [0.05, 0.1) is 18.8 Å². The van der Waals surface area contributed by atoms with Crippen LogP contribution in [-0.4, -0.2) is 31.8 Å². The lowest BCUT2D eigenvalue weighted by Gasteiger charge is -2.36. The molecular weight excluding hydrogens is 256 g/mol. The Morgan fingerprint density at radius 3 is 3.00 bits per heavy atom. The Morgan fingerprint density at radius 1 is 1.50 bits per heavy atom. The molecule has 1 aliphatic heterocycles. The van der Waals surface area contributed by atoms with Crippen molar-refractivity contribution >= 4 is 17.3 Å². The third-order valence-electron chi connectivity index (χ3n) is 3.31. The molecular formula is C15H22N2O3. The van der Waals surface area contributed by atoms with Gasteiger partial charge in [-0.05, 0) is 25.0 Å². The van der Waals surface area contributed by atoms with Crippen molar-refractivity contribution in [2.24, 2.45) is 0 Å². The first kappa shape index (κ1) is 14.5. The first-order valence-corrected chi connectivity index (χ1v) is 7.11. The van der Waals surface area contributed by atoms with Gasteiger partial charge in [0.15, 0.2) is 0 Å². The van der Waals surface area contributed by atoms with Crippen molar-refractivity contribution in [3.05, 3.63) is 18.2 Å². The third kappa shape index (κ3) is 3.15. The average molecular weight is 278 g/mol. The van der Waals surface area contributed by atoms with Gasteiger partial charge in [-0.3, -0.25) is 4.79 Å². The van der Waals surface area contributed by atoms with E-state index in [9.17, 15) is 4.79 Å². The molecule has 2 rings (SSSR count). The van der Waals surface area contributed by atoms with E-state index in [1.165, 1.54) is 0 Å². The first-order chi connectivity index (χ1) is 9.65. The smallest absolute Gasteiger partial charge is 0.325 e. The topological polar surface area (TPSA) is 64.8 Å².